The molecule has 6 atom stereocenters. The van der Waals surface area contributed by atoms with Gasteiger partial charge in [0.2, 0.25) is 0 Å². The van der Waals surface area contributed by atoms with Gasteiger partial charge in [-0.3, -0.25) is 0 Å². The average Bonchev–Trinajstić information content (AvgIpc) is 2.89. The van der Waals surface area contributed by atoms with Crippen molar-refractivity contribution in [2.24, 2.45) is 23.2 Å². The molecule has 3 nitrogen and oxygen atoms in total. The first-order valence-corrected chi connectivity index (χ1v) is 10.5. The van der Waals surface area contributed by atoms with E-state index >= 15 is 0 Å². The zero-order chi connectivity index (χ0) is 18.5. The summed E-state index contributed by atoms with van der Waals surface area (Å²) in [6, 6.07) is 6.01. The number of aromatic hydroxyl groups is 1. The quantitative estimate of drug-likeness (QED) is 0.824. The average molecular weight is 359 g/mol. The molecule has 0 saturated heterocycles. The van der Waals surface area contributed by atoms with Crippen LogP contribution in [0.3, 0.4) is 0 Å². The third kappa shape index (κ3) is 2.97. The van der Waals surface area contributed by atoms with Crippen molar-refractivity contribution in [1.82, 2.24) is 0 Å². The Morgan fingerprint density at radius 3 is 2.81 bits per heavy atom. The van der Waals surface area contributed by atoms with E-state index in [0.29, 0.717) is 29.4 Å². The summed E-state index contributed by atoms with van der Waals surface area (Å²) in [4.78, 5) is 0. The van der Waals surface area contributed by atoms with Crippen LogP contribution in [0.2, 0.25) is 0 Å². The Morgan fingerprint density at radius 1 is 1.23 bits per heavy atom. The van der Waals surface area contributed by atoms with Gasteiger partial charge in [0.25, 0.3) is 0 Å². The van der Waals surface area contributed by atoms with E-state index < -0.39 is 0 Å². The van der Waals surface area contributed by atoms with E-state index in [1.54, 1.807) is 0 Å². The van der Waals surface area contributed by atoms with Crippen molar-refractivity contribution in [1.29, 1.82) is 0 Å². The number of aliphatic hydroxyl groups is 1. The minimum absolute atomic E-state index is 0.0675. The van der Waals surface area contributed by atoms with Crippen LogP contribution in [-0.2, 0) is 11.2 Å². The van der Waals surface area contributed by atoms with E-state index in [9.17, 15) is 10.2 Å². The second kappa shape index (κ2) is 6.83. The lowest BCUT2D eigenvalue weighted by Crippen LogP contribution is -2.48. The third-order valence-corrected chi connectivity index (χ3v) is 7.72. The molecule has 144 valence electrons. The molecule has 1 aromatic rings. The first-order valence-electron chi connectivity index (χ1n) is 10.5. The molecule has 2 saturated carbocycles. The maximum Gasteiger partial charge on any atom is 0.115 e. The molecular weight excluding hydrogens is 324 g/mol. The van der Waals surface area contributed by atoms with E-state index in [4.69, 9.17) is 4.74 Å². The zero-order valence-electron chi connectivity index (χ0n) is 16.4. The van der Waals surface area contributed by atoms with Crippen molar-refractivity contribution in [2.45, 2.75) is 77.4 Å². The van der Waals surface area contributed by atoms with Gasteiger partial charge in [-0.1, -0.05) is 13.0 Å². The summed E-state index contributed by atoms with van der Waals surface area (Å²) in [6.07, 6.45) is 6.66. The number of aryl methyl sites for hydroxylation is 1. The fraction of sp³-hybridized carbons (Fsp3) is 0.739. The molecule has 2 fully saturated rings. The van der Waals surface area contributed by atoms with Crippen molar-refractivity contribution in [3.63, 3.8) is 0 Å². The van der Waals surface area contributed by atoms with Gasteiger partial charge < -0.3 is 14.9 Å². The Labute approximate surface area is 157 Å². The Bertz CT molecular complexity index is 655. The molecule has 3 aliphatic rings. The normalized spacial score (nSPS) is 38.7. The highest BCUT2D eigenvalue weighted by Gasteiger charge is 2.57. The summed E-state index contributed by atoms with van der Waals surface area (Å²) >= 11 is 0. The molecule has 5 unspecified atom stereocenters. The molecule has 0 aromatic heterocycles. The summed E-state index contributed by atoms with van der Waals surface area (Å²) in [7, 11) is 0. The largest absolute Gasteiger partial charge is 0.508 e. The maximum atomic E-state index is 10.8. The van der Waals surface area contributed by atoms with Crippen LogP contribution in [0.4, 0.5) is 0 Å². The van der Waals surface area contributed by atoms with Gasteiger partial charge in [0, 0.05) is 6.61 Å². The number of hydrogen-bond donors (Lipinski definition) is 2. The molecule has 0 radical (unpaired) electrons. The Kier molecular flexibility index (Phi) is 4.81. The standard InChI is InChI=1S/C23H34O3/c1-14(2)26-11-10-16-13-23(3)20(8-9-21(23)25)19-6-4-15-12-17(24)5-7-18(15)22(16)19/h5,7,12,14,16,19-22,24-25H,4,6,8-11,13H2,1-3H3/t16-,19?,20?,21?,22?,23?/m0/s1. The molecule has 0 spiro atoms. The molecular formula is C23H34O3. The van der Waals surface area contributed by atoms with Gasteiger partial charge in [0.15, 0.2) is 0 Å². The van der Waals surface area contributed by atoms with Gasteiger partial charge in [-0.25, -0.2) is 0 Å². The van der Waals surface area contributed by atoms with Gasteiger partial charge in [-0.15, -0.1) is 0 Å². The smallest absolute Gasteiger partial charge is 0.115 e. The molecule has 3 aliphatic carbocycles. The van der Waals surface area contributed by atoms with Crippen LogP contribution < -0.4 is 0 Å². The number of benzene rings is 1. The van der Waals surface area contributed by atoms with Crippen molar-refractivity contribution in [3.05, 3.63) is 29.3 Å². The van der Waals surface area contributed by atoms with Gasteiger partial charge in [-0.05, 0) is 105 Å². The topological polar surface area (TPSA) is 49.7 Å². The number of hydrogen-bond acceptors (Lipinski definition) is 3. The second-order valence-electron chi connectivity index (χ2n) is 9.49. The number of phenols is 1. The predicted octanol–water partition coefficient (Wildman–Crippen LogP) is 4.65. The summed E-state index contributed by atoms with van der Waals surface area (Å²) in [6.45, 7) is 7.34. The molecule has 3 heteroatoms. The van der Waals surface area contributed by atoms with E-state index in [1.165, 1.54) is 24.0 Å². The fourth-order valence-electron chi connectivity index (χ4n) is 6.58. The molecule has 4 rings (SSSR count). The minimum atomic E-state index is -0.150. The van der Waals surface area contributed by atoms with Crippen LogP contribution in [0.25, 0.3) is 0 Å². The summed E-state index contributed by atoms with van der Waals surface area (Å²) in [5.74, 6) is 2.78. The number of aliphatic hydroxyl groups excluding tert-OH is 1. The van der Waals surface area contributed by atoms with Crippen LogP contribution in [0.15, 0.2) is 18.2 Å². The monoisotopic (exact) mass is 358 g/mol. The van der Waals surface area contributed by atoms with E-state index in [2.05, 4.69) is 26.8 Å². The lowest BCUT2D eigenvalue weighted by atomic mass is 9.51. The molecule has 0 amide bonds. The maximum absolute atomic E-state index is 10.8. The minimum Gasteiger partial charge on any atom is -0.508 e. The Morgan fingerprint density at radius 2 is 2.04 bits per heavy atom. The molecule has 0 heterocycles. The fourth-order valence-corrected chi connectivity index (χ4v) is 6.58. The van der Waals surface area contributed by atoms with E-state index in [0.717, 1.165) is 32.3 Å². The molecule has 2 N–H and O–H groups in total. The van der Waals surface area contributed by atoms with Gasteiger partial charge in [0.05, 0.1) is 12.2 Å². The molecule has 0 aliphatic heterocycles. The number of phenolic OH excluding ortho intramolecular Hbond substituents is 1. The lowest BCUT2D eigenvalue weighted by Gasteiger charge is -2.54. The van der Waals surface area contributed by atoms with Gasteiger partial charge in [-0.2, -0.15) is 0 Å². The van der Waals surface area contributed by atoms with Crippen LogP contribution in [0.5, 0.6) is 5.75 Å². The zero-order valence-corrected chi connectivity index (χ0v) is 16.4. The lowest BCUT2D eigenvalue weighted by molar-refractivity contribution is -0.0564. The second-order valence-corrected chi connectivity index (χ2v) is 9.49. The van der Waals surface area contributed by atoms with Crippen LogP contribution in [0.1, 0.15) is 69.9 Å². The SMILES string of the molecule is CC(C)OCC[C@H]1CC2(C)C(O)CCC2C2CCc3cc(O)ccc3C21. The van der Waals surface area contributed by atoms with Crippen molar-refractivity contribution < 1.29 is 14.9 Å². The first kappa shape index (κ1) is 18.3. The summed E-state index contributed by atoms with van der Waals surface area (Å²) in [5.41, 5.74) is 2.86. The van der Waals surface area contributed by atoms with Crippen molar-refractivity contribution in [3.8, 4) is 5.75 Å². The number of rotatable bonds is 4. The Hall–Kier alpha value is -1.06. The first-order chi connectivity index (χ1) is 12.4. The summed E-state index contributed by atoms with van der Waals surface area (Å²) < 4.78 is 5.90. The van der Waals surface area contributed by atoms with Crippen LogP contribution in [-0.4, -0.2) is 29.0 Å². The highest BCUT2D eigenvalue weighted by Crippen LogP contribution is 2.63. The number of fused-ring (bicyclic) bond motifs is 5. The van der Waals surface area contributed by atoms with Crippen molar-refractivity contribution >= 4 is 0 Å². The molecule has 1 aromatic carbocycles. The highest BCUT2D eigenvalue weighted by atomic mass is 16.5. The van der Waals surface area contributed by atoms with Gasteiger partial charge >= 0.3 is 0 Å². The third-order valence-electron chi connectivity index (χ3n) is 7.72. The highest BCUT2D eigenvalue weighted by molar-refractivity contribution is 5.40. The number of ether oxygens (including phenoxy) is 1. The van der Waals surface area contributed by atoms with Crippen LogP contribution in [0, 0.1) is 23.2 Å². The van der Waals surface area contributed by atoms with E-state index in [1.807, 2.05) is 12.1 Å². The van der Waals surface area contributed by atoms with E-state index in [-0.39, 0.29) is 17.6 Å². The van der Waals surface area contributed by atoms with Crippen LogP contribution >= 0.6 is 0 Å². The summed E-state index contributed by atoms with van der Waals surface area (Å²) in [5, 5.41) is 20.7. The Balaban J connectivity index is 1.67. The predicted molar refractivity (Wildman–Crippen MR) is 103 cm³/mol. The molecule has 0 bridgehead atoms. The van der Waals surface area contributed by atoms with Gasteiger partial charge in [0.1, 0.15) is 5.75 Å². The molecule has 26 heavy (non-hydrogen) atoms. The van der Waals surface area contributed by atoms with Crippen molar-refractivity contribution in [2.75, 3.05) is 6.61 Å².